The number of nitrogens with zero attached hydrogens (tertiary/aromatic N) is 2. The number of amides is 1. The predicted molar refractivity (Wildman–Crippen MR) is 102 cm³/mol. The summed E-state index contributed by atoms with van der Waals surface area (Å²) in [6, 6.07) is 17.1. The highest BCUT2D eigenvalue weighted by Crippen LogP contribution is 2.14. The predicted octanol–water partition coefficient (Wildman–Crippen LogP) is 3.21. The van der Waals surface area contributed by atoms with Gasteiger partial charge in [0.2, 0.25) is 5.43 Å². The smallest absolute Gasteiger partial charge is 0.275 e. The van der Waals surface area contributed by atoms with Crippen molar-refractivity contribution in [2.45, 2.75) is 19.8 Å². The molecule has 5 nitrogen and oxygen atoms in total. The highest BCUT2D eigenvalue weighted by atomic mass is 19.1. The van der Waals surface area contributed by atoms with Gasteiger partial charge in [0.1, 0.15) is 11.5 Å². The van der Waals surface area contributed by atoms with Gasteiger partial charge in [0.15, 0.2) is 5.69 Å². The fourth-order valence-electron chi connectivity index (χ4n) is 2.80. The Morgan fingerprint density at radius 2 is 1.81 bits per heavy atom. The van der Waals surface area contributed by atoms with Gasteiger partial charge >= 0.3 is 0 Å². The summed E-state index contributed by atoms with van der Waals surface area (Å²) in [5.41, 5.74) is 0.952. The fraction of sp³-hybridized carbons (Fsp3) is 0.190. The van der Waals surface area contributed by atoms with E-state index in [0.717, 1.165) is 5.56 Å². The van der Waals surface area contributed by atoms with Crippen LogP contribution in [0, 0.1) is 12.7 Å². The molecule has 0 saturated carbocycles. The van der Waals surface area contributed by atoms with Gasteiger partial charge in [-0.25, -0.2) is 9.07 Å². The lowest BCUT2D eigenvalue weighted by atomic mass is 10.0. The molecule has 0 radical (unpaired) electrons. The Balaban J connectivity index is 1.84. The summed E-state index contributed by atoms with van der Waals surface area (Å²) in [5.74, 6) is -0.983. The lowest BCUT2D eigenvalue weighted by molar-refractivity contribution is 0.0943. The minimum atomic E-state index is -0.576. The number of carbonyl (C=O) groups is 1. The maximum absolute atomic E-state index is 14.1. The summed E-state index contributed by atoms with van der Waals surface area (Å²) in [5, 5.41) is 6.85. The number of aryl methyl sites for hydroxylation is 1. The monoisotopic (exact) mass is 365 g/mol. The highest BCUT2D eigenvalue weighted by molar-refractivity contribution is 5.92. The molecule has 138 valence electrons. The Morgan fingerprint density at radius 1 is 1.15 bits per heavy atom. The first-order valence-corrected chi connectivity index (χ1v) is 8.66. The second-order valence-corrected chi connectivity index (χ2v) is 6.38. The third-order valence-corrected chi connectivity index (χ3v) is 4.34. The number of nitrogens with one attached hydrogen (secondary N) is 1. The summed E-state index contributed by atoms with van der Waals surface area (Å²) in [4.78, 5) is 24.7. The molecule has 0 aliphatic carbocycles. The molecular formula is C21H20FN3O2. The van der Waals surface area contributed by atoms with Crippen LogP contribution in [-0.2, 0) is 0 Å². The van der Waals surface area contributed by atoms with Crippen molar-refractivity contribution in [3.05, 3.63) is 93.7 Å². The van der Waals surface area contributed by atoms with E-state index < -0.39 is 17.2 Å². The van der Waals surface area contributed by atoms with Gasteiger partial charge in [-0.3, -0.25) is 9.59 Å². The van der Waals surface area contributed by atoms with E-state index in [2.05, 4.69) is 10.4 Å². The van der Waals surface area contributed by atoms with E-state index in [1.54, 1.807) is 25.1 Å². The number of carbonyl (C=O) groups excluding carboxylic acids is 1. The van der Waals surface area contributed by atoms with E-state index in [1.165, 1.54) is 16.8 Å². The van der Waals surface area contributed by atoms with Crippen LogP contribution in [0.1, 0.15) is 34.6 Å². The second kappa shape index (κ2) is 7.95. The van der Waals surface area contributed by atoms with Crippen LogP contribution in [0.25, 0.3) is 5.69 Å². The molecule has 6 heteroatoms. The molecule has 2 aromatic carbocycles. The Morgan fingerprint density at radius 3 is 2.52 bits per heavy atom. The molecule has 3 rings (SSSR count). The van der Waals surface area contributed by atoms with Crippen LogP contribution in [-0.4, -0.2) is 22.2 Å². The highest BCUT2D eigenvalue weighted by Gasteiger charge is 2.17. The number of rotatable bonds is 5. The van der Waals surface area contributed by atoms with Crippen LogP contribution in [0.2, 0.25) is 0 Å². The largest absolute Gasteiger partial charge is 0.350 e. The molecule has 0 unspecified atom stereocenters. The lowest BCUT2D eigenvalue weighted by Gasteiger charge is -2.14. The molecule has 27 heavy (non-hydrogen) atoms. The fourth-order valence-corrected chi connectivity index (χ4v) is 2.80. The van der Waals surface area contributed by atoms with Crippen LogP contribution >= 0.6 is 0 Å². The van der Waals surface area contributed by atoms with Crippen molar-refractivity contribution in [2.75, 3.05) is 6.54 Å². The van der Waals surface area contributed by atoms with E-state index in [-0.39, 0.29) is 17.3 Å². The standard InChI is InChI=1S/C21H20FN3O2/c1-14(16-8-4-3-5-9-16)13-23-21(27)20-19(26)12-15(2)25(24-20)18-11-7-6-10-17(18)22/h3-12,14H,13H2,1-2H3,(H,23,27)/t14-/m1/s1. The van der Waals surface area contributed by atoms with Crippen molar-refractivity contribution >= 4 is 5.91 Å². The quantitative estimate of drug-likeness (QED) is 0.755. The van der Waals surface area contributed by atoms with Gasteiger partial charge in [0.25, 0.3) is 5.91 Å². The normalized spacial score (nSPS) is 11.8. The summed E-state index contributed by atoms with van der Waals surface area (Å²) < 4.78 is 15.4. The number of hydrogen-bond donors (Lipinski definition) is 1. The molecule has 0 bridgehead atoms. The zero-order valence-electron chi connectivity index (χ0n) is 15.1. The first-order chi connectivity index (χ1) is 13.0. The van der Waals surface area contributed by atoms with Crippen molar-refractivity contribution in [1.82, 2.24) is 15.1 Å². The lowest BCUT2D eigenvalue weighted by Crippen LogP contribution is -2.34. The molecular weight excluding hydrogens is 345 g/mol. The molecule has 0 aliphatic heterocycles. The number of halogens is 1. The topological polar surface area (TPSA) is 64.0 Å². The molecule has 1 atom stereocenters. The van der Waals surface area contributed by atoms with Gasteiger partial charge in [0, 0.05) is 18.3 Å². The van der Waals surface area contributed by atoms with Crippen LogP contribution < -0.4 is 10.7 Å². The number of para-hydroxylation sites is 1. The molecule has 0 aliphatic rings. The molecule has 1 heterocycles. The van der Waals surface area contributed by atoms with Crippen molar-refractivity contribution in [2.24, 2.45) is 0 Å². The van der Waals surface area contributed by atoms with Crippen molar-refractivity contribution < 1.29 is 9.18 Å². The SMILES string of the molecule is Cc1cc(=O)c(C(=O)NC[C@@H](C)c2ccccc2)nn1-c1ccccc1F. The zero-order chi connectivity index (χ0) is 19.4. The number of hydrogen-bond acceptors (Lipinski definition) is 3. The third-order valence-electron chi connectivity index (χ3n) is 4.34. The van der Waals surface area contributed by atoms with Crippen LogP contribution in [0.3, 0.4) is 0 Å². The van der Waals surface area contributed by atoms with E-state index in [1.807, 2.05) is 37.3 Å². The maximum Gasteiger partial charge on any atom is 0.275 e. The zero-order valence-corrected chi connectivity index (χ0v) is 15.1. The summed E-state index contributed by atoms with van der Waals surface area (Å²) in [6.07, 6.45) is 0. The molecule has 1 amide bonds. The first kappa shape index (κ1) is 18.5. The number of benzene rings is 2. The Labute approximate surface area is 156 Å². The molecule has 0 fully saturated rings. The summed E-state index contributed by atoms with van der Waals surface area (Å²) >= 11 is 0. The van der Waals surface area contributed by atoms with Crippen molar-refractivity contribution in [3.63, 3.8) is 0 Å². The van der Waals surface area contributed by atoms with E-state index in [0.29, 0.717) is 12.2 Å². The van der Waals surface area contributed by atoms with Crippen LogP contribution in [0.5, 0.6) is 0 Å². The maximum atomic E-state index is 14.1. The van der Waals surface area contributed by atoms with Gasteiger partial charge < -0.3 is 5.32 Å². The third kappa shape index (κ3) is 4.11. The van der Waals surface area contributed by atoms with E-state index in [9.17, 15) is 14.0 Å². The summed E-state index contributed by atoms with van der Waals surface area (Å²) in [6.45, 7) is 3.98. The van der Waals surface area contributed by atoms with Crippen molar-refractivity contribution in [1.29, 1.82) is 0 Å². The Kier molecular flexibility index (Phi) is 5.45. The molecule has 1 N–H and O–H groups in total. The molecule has 1 aromatic heterocycles. The van der Waals surface area contributed by atoms with E-state index in [4.69, 9.17) is 0 Å². The molecule has 3 aromatic rings. The Bertz CT molecular complexity index is 1020. The average molecular weight is 365 g/mol. The molecule has 0 saturated heterocycles. The van der Waals surface area contributed by atoms with Gasteiger partial charge in [-0.2, -0.15) is 5.10 Å². The minimum absolute atomic E-state index is 0.0781. The van der Waals surface area contributed by atoms with Gasteiger partial charge in [0.05, 0.1) is 0 Å². The average Bonchev–Trinajstić information content (AvgIpc) is 2.67. The number of aromatic nitrogens is 2. The Hall–Kier alpha value is -3.28. The van der Waals surface area contributed by atoms with Crippen LogP contribution in [0.4, 0.5) is 4.39 Å². The summed E-state index contributed by atoms with van der Waals surface area (Å²) in [7, 11) is 0. The van der Waals surface area contributed by atoms with Crippen molar-refractivity contribution in [3.8, 4) is 5.69 Å². The molecule has 0 spiro atoms. The minimum Gasteiger partial charge on any atom is -0.350 e. The van der Waals surface area contributed by atoms with Gasteiger partial charge in [-0.15, -0.1) is 0 Å². The van der Waals surface area contributed by atoms with E-state index >= 15 is 0 Å². The first-order valence-electron chi connectivity index (χ1n) is 8.66. The van der Waals surface area contributed by atoms with Gasteiger partial charge in [-0.1, -0.05) is 49.4 Å². The van der Waals surface area contributed by atoms with Gasteiger partial charge in [-0.05, 0) is 30.5 Å². The van der Waals surface area contributed by atoms with Crippen LogP contribution in [0.15, 0.2) is 65.5 Å². The second-order valence-electron chi connectivity index (χ2n) is 6.38.